The lowest BCUT2D eigenvalue weighted by Crippen LogP contribution is -2.56. The fraction of sp³-hybridized carbons (Fsp3) is 0.923. The molecule has 0 amide bonds. The first-order valence-corrected chi connectivity index (χ1v) is 6.79. The number of esters is 1. The molecule has 1 N–H and O–H groups in total. The number of hydrogen-bond donors (Lipinski definition) is 1. The molecule has 1 saturated heterocycles. The van der Waals surface area contributed by atoms with E-state index in [-0.39, 0.29) is 18.2 Å². The Bertz CT molecular complexity index is 293. The van der Waals surface area contributed by atoms with E-state index in [0.717, 1.165) is 19.3 Å². The van der Waals surface area contributed by atoms with Crippen LogP contribution in [0.25, 0.3) is 0 Å². The SMILES string of the molecule is CCOC(=O)C1(NC)CCCC(OC2COC2)C1. The van der Waals surface area contributed by atoms with E-state index < -0.39 is 5.54 Å². The minimum Gasteiger partial charge on any atom is -0.465 e. The Labute approximate surface area is 108 Å². The quantitative estimate of drug-likeness (QED) is 0.740. The third kappa shape index (κ3) is 2.84. The van der Waals surface area contributed by atoms with Crippen molar-refractivity contribution in [3.8, 4) is 0 Å². The monoisotopic (exact) mass is 257 g/mol. The standard InChI is InChI=1S/C13H23NO4/c1-3-17-12(15)13(14-2)6-4-5-10(7-13)18-11-8-16-9-11/h10-11,14H,3-9H2,1-2H3. The summed E-state index contributed by atoms with van der Waals surface area (Å²) >= 11 is 0. The van der Waals surface area contributed by atoms with Crippen molar-refractivity contribution in [3.05, 3.63) is 0 Å². The zero-order chi connectivity index (χ0) is 13.0. The molecule has 0 aromatic rings. The predicted molar refractivity (Wildman–Crippen MR) is 66.4 cm³/mol. The summed E-state index contributed by atoms with van der Waals surface area (Å²) < 4.78 is 16.2. The fourth-order valence-electron chi connectivity index (χ4n) is 2.69. The molecule has 2 atom stereocenters. The van der Waals surface area contributed by atoms with Gasteiger partial charge in [0.1, 0.15) is 11.6 Å². The largest absolute Gasteiger partial charge is 0.465 e. The second-order valence-electron chi connectivity index (χ2n) is 5.07. The van der Waals surface area contributed by atoms with Gasteiger partial charge in [-0.3, -0.25) is 4.79 Å². The molecule has 1 aliphatic carbocycles. The number of carbonyl (C=O) groups is 1. The minimum atomic E-state index is -0.566. The Morgan fingerprint density at radius 3 is 2.78 bits per heavy atom. The molecule has 0 aromatic heterocycles. The van der Waals surface area contributed by atoms with E-state index in [1.807, 2.05) is 14.0 Å². The molecule has 1 aliphatic heterocycles. The molecule has 104 valence electrons. The number of ether oxygens (including phenoxy) is 3. The van der Waals surface area contributed by atoms with Crippen molar-refractivity contribution < 1.29 is 19.0 Å². The van der Waals surface area contributed by atoms with Crippen LogP contribution in [0.5, 0.6) is 0 Å². The van der Waals surface area contributed by atoms with E-state index in [2.05, 4.69) is 5.32 Å². The van der Waals surface area contributed by atoms with Crippen LogP contribution in [0.2, 0.25) is 0 Å². The highest BCUT2D eigenvalue weighted by Crippen LogP contribution is 2.32. The van der Waals surface area contributed by atoms with Crippen LogP contribution in [0.1, 0.15) is 32.6 Å². The van der Waals surface area contributed by atoms with E-state index in [1.54, 1.807) is 0 Å². The molecule has 0 spiro atoms. The second-order valence-corrected chi connectivity index (χ2v) is 5.07. The van der Waals surface area contributed by atoms with Gasteiger partial charge in [0, 0.05) is 6.42 Å². The highest BCUT2D eigenvalue weighted by molar-refractivity contribution is 5.81. The first-order valence-electron chi connectivity index (χ1n) is 6.79. The van der Waals surface area contributed by atoms with Crippen LogP contribution in [0.15, 0.2) is 0 Å². The Hall–Kier alpha value is -0.650. The molecule has 2 rings (SSSR count). The number of rotatable bonds is 5. The summed E-state index contributed by atoms with van der Waals surface area (Å²) in [7, 11) is 1.83. The summed E-state index contributed by atoms with van der Waals surface area (Å²) in [5, 5.41) is 3.16. The van der Waals surface area contributed by atoms with Gasteiger partial charge in [-0.2, -0.15) is 0 Å². The topological polar surface area (TPSA) is 56.8 Å². The van der Waals surface area contributed by atoms with Crippen molar-refractivity contribution in [2.45, 2.75) is 50.4 Å². The Balaban J connectivity index is 1.94. The van der Waals surface area contributed by atoms with Gasteiger partial charge in [0.2, 0.25) is 0 Å². The lowest BCUT2D eigenvalue weighted by Gasteiger charge is -2.40. The molecule has 0 aromatic carbocycles. The van der Waals surface area contributed by atoms with Crippen molar-refractivity contribution in [2.24, 2.45) is 0 Å². The van der Waals surface area contributed by atoms with Crippen molar-refractivity contribution in [1.29, 1.82) is 0 Å². The van der Waals surface area contributed by atoms with E-state index in [1.165, 1.54) is 0 Å². The molecule has 0 radical (unpaired) electrons. The highest BCUT2D eigenvalue weighted by atomic mass is 16.6. The molecular formula is C13H23NO4. The number of likely N-dealkylation sites (N-methyl/N-ethyl adjacent to an activating group) is 1. The first-order chi connectivity index (χ1) is 8.70. The molecule has 18 heavy (non-hydrogen) atoms. The molecule has 5 nitrogen and oxygen atoms in total. The Morgan fingerprint density at radius 2 is 2.22 bits per heavy atom. The van der Waals surface area contributed by atoms with Crippen LogP contribution in [0, 0.1) is 0 Å². The van der Waals surface area contributed by atoms with E-state index in [0.29, 0.717) is 26.2 Å². The molecule has 2 fully saturated rings. The summed E-state index contributed by atoms with van der Waals surface area (Å²) in [5.41, 5.74) is -0.566. The van der Waals surface area contributed by atoms with Gasteiger partial charge >= 0.3 is 5.97 Å². The molecule has 5 heteroatoms. The predicted octanol–water partition coefficient (Wildman–Crippen LogP) is 0.866. The Morgan fingerprint density at radius 1 is 1.44 bits per heavy atom. The summed E-state index contributed by atoms with van der Waals surface area (Å²) in [6.07, 6.45) is 3.86. The summed E-state index contributed by atoms with van der Waals surface area (Å²) in [6, 6.07) is 0. The maximum Gasteiger partial charge on any atom is 0.326 e. The maximum atomic E-state index is 12.1. The third-order valence-electron chi connectivity index (χ3n) is 3.84. The zero-order valence-electron chi connectivity index (χ0n) is 11.2. The van der Waals surface area contributed by atoms with Crippen molar-refractivity contribution in [1.82, 2.24) is 5.32 Å². The van der Waals surface area contributed by atoms with Gasteiger partial charge in [-0.1, -0.05) is 0 Å². The van der Waals surface area contributed by atoms with Crippen LogP contribution >= 0.6 is 0 Å². The van der Waals surface area contributed by atoms with Crippen LogP contribution in [-0.4, -0.2) is 50.6 Å². The average molecular weight is 257 g/mol. The van der Waals surface area contributed by atoms with Crippen LogP contribution in [0.3, 0.4) is 0 Å². The van der Waals surface area contributed by atoms with Crippen LogP contribution in [0.4, 0.5) is 0 Å². The lowest BCUT2D eigenvalue weighted by molar-refractivity contribution is -0.174. The molecule has 1 heterocycles. The summed E-state index contributed by atoms with van der Waals surface area (Å²) in [6.45, 7) is 3.62. The van der Waals surface area contributed by atoms with Gasteiger partial charge in [-0.25, -0.2) is 0 Å². The van der Waals surface area contributed by atoms with E-state index in [9.17, 15) is 4.79 Å². The fourth-order valence-corrected chi connectivity index (χ4v) is 2.69. The van der Waals surface area contributed by atoms with Crippen molar-refractivity contribution in [2.75, 3.05) is 26.9 Å². The minimum absolute atomic E-state index is 0.129. The Kier molecular flexibility index (Phi) is 4.59. The van der Waals surface area contributed by atoms with Crippen LogP contribution < -0.4 is 5.32 Å². The van der Waals surface area contributed by atoms with Gasteiger partial charge < -0.3 is 19.5 Å². The van der Waals surface area contributed by atoms with Crippen molar-refractivity contribution in [3.63, 3.8) is 0 Å². The molecule has 1 saturated carbocycles. The molecular weight excluding hydrogens is 234 g/mol. The molecule has 2 unspecified atom stereocenters. The molecule has 0 bridgehead atoms. The van der Waals surface area contributed by atoms with Gasteiger partial charge in [0.05, 0.1) is 25.9 Å². The maximum absolute atomic E-state index is 12.1. The molecule has 2 aliphatic rings. The summed E-state index contributed by atoms with van der Waals surface area (Å²) in [5.74, 6) is -0.148. The number of nitrogens with one attached hydrogen (secondary N) is 1. The average Bonchev–Trinajstić information content (AvgIpc) is 2.34. The van der Waals surface area contributed by atoms with E-state index >= 15 is 0 Å². The second kappa shape index (κ2) is 5.99. The van der Waals surface area contributed by atoms with Crippen LogP contribution in [-0.2, 0) is 19.0 Å². The summed E-state index contributed by atoms with van der Waals surface area (Å²) in [4.78, 5) is 12.1. The highest BCUT2D eigenvalue weighted by Gasteiger charge is 2.44. The van der Waals surface area contributed by atoms with Gasteiger partial charge in [0.15, 0.2) is 0 Å². The van der Waals surface area contributed by atoms with E-state index in [4.69, 9.17) is 14.2 Å². The van der Waals surface area contributed by atoms with Gasteiger partial charge in [0.25, 0.3) is 0 Å². The lowest BCUT2D eigenvalue weighted by atomic mass is 9.80. The van der Waals surface area contributed by atoms with Gasteiger partial charge in [-0.15, -0.1) is 0 Å². The van der Waals surface area contributed by atoms with Crippen molar-refractivity contribution >= 4 is 5.97 Å². The zero-order valence-corrected chi connectivity index (χ0v) is 11.2. The number of hydrogen-bond acceptors (Lipinski definition) is 5. The van der Waals surface area contributed by atoms with Gasteiger partial charge in [-0.05, 0) is 33.2 Å². The third-order valence-corrected chi connectivity index (χ3v) is 3.84. The first kappa shape index (κ1) is 13.8. The number of carbonyl (C=O) groups excluding carboxylic acids is 1. The smallest absolute Gasteiger partial charge is 0.326 e. The normalized spacial score (nSPS) is 32.9.